The first kappa shape index (κ1) is 13.4. The second kappa shape index (κ2) is 6.19. The molecule has 5 nitrogen and oxygen atoms in total. The number of hydrogen-bond donors (Lipinski definition) is 2. The highest BCUT2D eigenvalue weighted by Crippen LogP contribution is 2.18. The summed E-state index contributed by atoms with van der Waals surface area (Å²) < 4.78 is 5.24. The maximum absolute atomic E-state index is 10.6. The Kier molecular flexibility index (Phi) is 4.35. The van der Waals surface area contributed by atoms with E-state index in [1.807, 2.05) is 30.5 Å². The molecule has 100 valence electrons. The van der Waals surface area contributed by atoms with Crippen molar-refractivity contribution in [2.24, 2.45) is 5.73 Å². The van der Waals surface area contributed by atoms with Crippen LogP contribution in [-0.4, -0.2) is 17.5 Å². The summed E-state index contributed by atoms with van der Waals surface area (Å²) in [5.74, 6) is 0.121. The lowest BCUT2D eigenvalue weighted by Gasteiger charge is -2.07. The molecule has 1 heterocycles. The molecule has 2 rings (SSSR count). The normalized spacial score (nSPS) is 10.2. The van der Waals surface area contributed by atoms with Gasteiger partial charge in [0.25, 0.3) is 5.91 Å². The van der Waals surface area contributed by atoms with Gasteiger partial charge in [-0.3, -0.25) is 4.79 Å². The molecule has 0 unspecified atom stereocenters. The molecule has 0 bridgehead atoms. The Hall–Kier alpha value is -2.08. The van der Waals surface area contributed by atoms with E-state index in [0.717, 1.165) is 16.4 Å². The lowest BCUT2D eigenvalue weighted by atomic mass is 10.3. The summed E-state index contributed by atoms with van der Waals surface area (Å²) in [5.41, 5.74) is 6.97. The van der Waals surface area contributed by atoms with Gasteiger partial charge in [-0.1, -0.05) is 6.07 Å². The van der Waals surface area contributed by atoms with Gasteiger partial charge < -0.3 is 15.8 Å². The van der Waals surface area contributed by atoms with Crippen LogP contribution in [-0.2, 0) is 11.3 Å². The molecular weight excluding hydrogens is 262 g/mol. The molecule has 0 fully saturated rings. The Bertz CT molecular complexity index is 569. The first-order valence-corrected chi connectivity index (χ1v) is 6.67. The van der Waals surface area contributed by atoms with Gasteiger partial charge >= 0.3 is 0 Å². The summed E-state index contributed by atoms with van der Waals surface area (Å²) in [6.45, 7) is 2.52. The van der Waals surface area contributed by atoms with Crippen molar-refractivity contribution < 1.29 is 9.53 Å². The number of anilines is 1. The van der Waals surface area contributed by atoms with Crippen LogP contribution in [0.25, 0.3) is 0 Å². The van der Waals surface area contributed by atoms with Crippen LogP contribution in [0.4, 0.5) is 5.69 Å². The highest BCUT2D eigenvalue weighted by Gasteiger charge is 2.01. The van der Waals surface area contributed by atoms with E-state index in [4.69, 9.17) is 10.5 Å². The molecule has 1 aromatic carbocycles. The summed E-state index contributed by atoms with van der Waals surface area (Å²) in [6, 6.07) is 7.38. The topological polar surface area (TPSA) is 77.2 Å². The number of rotatable bonds is 6. The van der Waals surface area contributed by atoms with Gasteiger partial charge in [0.1, 0.15) is 10.8 Å². The third-order valence-corrected chi connectivity index (χ3v) is 3.29. The number of carbonyl (C=O) groups excluding carboxylic acids is 1. The fourth-order valence-electron chi connectivity index (χ4n) is 1.51. The first-order chi connectivity index (χ1) is 9.13. The molecule has 2 aromatic rings. The number of nitrogens with two attached hydrogens (primary N) is 1. The van der Waals surface area contributed by atoms with Crippen LogP contribution in [0.3, 0.4) is 0 Å². The fourth-order valence-corrected chi connectivity index (χ4v) is 2.22. The van der Waals surface area contributed by atoms with E-state index >= 15 is 0 Å². The van der Waals surface area contributed by atoms with Crippen molar-refractivity contribution in [2.45, 2.75) is 13.5 Å². The summed E-state index contributed by atoms with van der Waals surface area (Å²) in [4.78, 5) is 15.0. The molecule has 0 saturated heterocycles. The minimum atomic E-state index is -0.489. The highest BCUT2D eigenvalue weighted by atomic mass is 32.1. The van der Waals surface area contributed by atoms with Crippen molar-refractivity contribution in [3.05, 3.63) is 40.3 Å². The van der Waals surface area contributed by atoms with Gasteiger partial charge in [-0.25, -0.2) is 4.98 Å². The molecule has 0 aliphatic rings. The standard InChI is InChI=1S/C13H15N3O2S/c1-9-8-19-13(16-9)6-15-10-3-2-4-11(5-10)18-7-12(14)17/h2-5,8,15H,6-7H2,1H3,(H2,14,17). The van der Waals surface area contributed by atoms with Gasteiger partial charge in [0.05, 0.1) is 6.54 Å². The number of aromatic nitrogens is 1. The van der Waals surface area contributed by atoms with Gasteiger partial charge in [0.15, 0.2) is 6.61 Å². The van der Waals surface area contributed by atoms with Gasteiger partial charge in [0, 0.05) is 22.8 Å². The number of amides is 1. The lowest BCUT2D eigenvalue weighted by Crippen LogP contribution is -2.20. The molecule has 0 aliphatic carbocycles. The van der Waals surface area contributed by atoms with Crippen LogP contribution in [0.1, 0.15) is 10.7 Å². The molecule has 6 heteroatoms. The number of primary amides is 1. The van der Waals surface area contributed by atoms with Crippen molar-refractivity contribution in [1.82, 2.24) is 4.98 Å². The maximum atomic E-state index is 10.6. The van der Waals surface area contributed by atoms with Crippen LogP contribution >= 0.6 is 11.3 Å². The zero-order valence-corrected chi connectivity index (χ0v) is 11.4. The Labute approximate surface area is 115 Å². The van der Waals surface area contributed by atoms with Gasteiger partial charge in [0.2, 0.25) is 0 Å². The molecule has 1 amide bonds. The van der Waals surface area contributed by atoms with Crippen molar-refractivity contribution >= 4 is 22.9 Å². The molecule has 0 saturated carbocycles. The summed E-state index contributed by atoms with van der Waals surface area (Å²) in [7, 11) is 0. The zero-order chi connectivity index (χ0) is 13.7. The number of nitrogens with zero attached hydrogens (tertiary/aromatic N) is 1. The monoisotopic (exact) mass is 277 g/mol. The quantitative estimate of drug-likeness (QED) is 0.845. The summed E-state index contributed by atoms with van der Waals surface area (Å²) in [6.07, 6.45) is 0. The van der Waals surface area contributed by atoms with Crippen molar-refractivity contribution in [2.75, 3.05) is 11.9 Å². The predicted octanol–water partition coefficient (Wildman–Crippen LogP) is 1.93. The minimum Gasteiger partial charge on any atom is -0.484 e. The Morgan fingerprint density at radius 1 is 1.53 bits per heavy atom. The molecule has 3 N–H and O–H groups in total. The molecule has 0 atom stereocenters. The fraction of sp³-hybridized carbons (Fsp3) is 0.231. The number of benzene rings is 1. The van der Waals surface area contributed by atoms with Crippen LogP contribution in [0, 0.1) is 6.92 Å². The molecule has 19 heavy (non-hydrogen) atoms. The van der Waals surface area contributed by atoms with Crippen LogP contribution in [0.15, 0.2) is 29.6 Å². The van der Waals surface area contributed by atoms with Crippen molar-refractivity contribution in [3.63, 3.8) is 0 Å². The lowest BCUT2D eigenvalue weighted by molar-refractivity contribution is -0.119. The van der Waals surface area contributed by atoms with E-state index in [1.165, 1.54) is 0 Å². The molecule has 1 aromatic heterocycles. The SMILES string of the molecule is Cc1csc(CNc2cccc(OCC(N)=O)c2)n1. The van der Waals surface area contributed by atoms with E-state index < -0.39 is 5.91 Å². The van der Waals surface area contributed by atoms with E-state index in [9.17, 15) is 4.79 Å². The molecule has 0 spiro atoms. The van der Waals surface area contributed by atoms with Gasteiger partial charge in [-0.2, -0.15) is 0 Å². The van der Waals surface area contributed by atoms with E-state index in [-0.39, 0.29) is 6.61 Å². The van der Waals surface area contributed by atoms with Crippen molar-refractivity contribution in [1.29, 1.82) is 0 Å². The molecule has 0 aliphatic heterocycles. The smallest absolute Gasteiger partial charge is 0.255 e. The number of hydrogen-bond acceptors (Lipinski definition) is 5. The predicted molar refractivity (Wildman–Crippen MR) is 75.3 cm³/mol. The largest absolute Gasteiger partial charge is 0.484 e. The number of carbonyl (C=O) groups is 1. The maximum Gasteiger partial charge on any atom is 0.255 e. The van der Waals surface area contributed by atoms with Crippen LogP contribution in [0.5, 0.6) is 5.75 Å². The second-order valence-corrected chi connectivity index (χ2v) is 4.96. The van der Waals surface area contributed by atoms with E-state index in [2.05, 4.69) is 10.3 Å². The van der Waals surface area contributed by atoms with Gasteiger partial charge in [-0.15, -0.1) is 11.3 Å². The summed E-state index contributed by atoms with van der Waals surface area (Å²) >= 11 is 1.62. The van der Waals surface area contributed by atoms with Crippen molar-refractivity contribution in [3.8, 4) is 5.75 Å². The number of aryl methyl sites for hydroxylation is 1. The average molecular weight is 277 g/mol. The second-order valence-electron chi connectivity index (χ2n) is 4.02. The highest BCUT2D eigenvalue weighted by molar-refractivity contribution is 7.09. The number of nitrogens with one attached hydrogen (secondary N) is 1. The molecular formula is C13H15N3O2S. The van der Waals surface area contributed by atoms with Gasteiger partial charge in [-0.05, 0) is 19.1 Å². The summed E-state index contributed by atoms with van der Waals surface area (Å²) in [5, 5.41) is 6.30. The third kappa shape index (κ3) is 4.26. The Morgan fingerprint density at radius 3 is 3.05 bits per heavy atom. The van der Waals surface area contributed by atoms with Crippen LogP contribution in [0.2, 0.25) is 0 Å². The number of thiazole rings is 1. The average Bonchev–Trinajstić information content (AvgIpc) is 2.80. The minimum absolute atomic E-state index is 0.116. The van der Waals surface area contributed by atoms with E-state index in [1.54, 1.807) is 17.4 Å². The molecule has 0 radical (unpaired) electrons. The Balaban J connectivity index is 1.93. The van der Waals surface area contributed by atoms with E-state index in [0.29, 0.717) is 12.3 Å². The first-order valence-electron chi connectivity index (χ1n) is 5.79. The zero-order valence-electron chi connectivity index (χ0n) is 10.6. The third-order valence-electron chi connectivity index (χ3n) is 2.33. The Morgan fingerprint density at radius 2 is 2.37 bits per heavy atom. The van der Waals surface area contributed by atoms with Crippen LogP contribution < -0.4 is 15.8 Å². The number of ether oxygens (including phenoxy) is 1.